The molecule has 3 aliphatic rings. The molecular weight excluding hydrogens is 252 g/mol. The summed E-state index contributed by atoms with van der Waals surface area (Å²) in [5.74, 6) is 1.73. The number of hydrogen-bond donors (Lipinski definition) is 0. The van der Waals surface area contributed by atoms with Gasteiger partial charge in [-0.15, -0.1) is 0 Å². The number of fused-ring (bicyclic) bond motifs is 1. The highest BCUT2D eigenvalue weighted by atomic mass is 16.2. The highest BCUT2D eigenvalue weighted by Gasteiger charge is 2.42. The molecule has 0 spiro atoms. The van der Waals surface area contributed by atoms with Crippen molar-refractivity contribution in [3.63, 3.8) is 0 Å². The van der Waals surface area contributed by atoms with Gasteiger partial charge < -0.3 is 9.80 Å². The number of carbonyl (C=O) groups excluding carboxylic acids is 2. The minimum absolute atomic E-state index is 0.156. The third kappa shape index (κ3) is 2.33. The molecule has 0 N–H and O–H groups in total. The van der Waals surface area contributed by atoms with E-state index in [-0.39, 0.29) is 17.9 Å². The minimum atomic E-state index is -0.156. The summed E-state index contributed by atoms with van der Waals surface area (Å²) >= 11 is 0. The second kappa shape index (κ2) is 5.38. The van der Waals surface area contributed by atoms with Crippen molar-refractivity contribution in [2.75, 3.05) is 13.1 Å². The maximum absolute atomic E-state index is 12.8. The Morgan fingerprint density at radius 2 is 1.80 bits per heavy atom. The van der Waals surface area contributed by atoms with E-state index in [1.165, 1.54) is 12.8 Å². The van der Waals surface area contributed by atoms with Crippen LogP contribution in [0, 0.1) is 11.8 Å². The van der Waals surface area contributed by atoms with Crippen LogP contribution in [0.4, 0.5) is 0 Å². The molecule has 0 radical (unpaired) electrons. The number of rotatable bonds is 1. The normalized spacial score (nSPS) is 38.9. The molecule has 0 aromatic rings. The molecule has 112 valence electrons. The Labute approximate surface area is 121 Å². The Hall–Kier alpha value is -1.06. The van der Waals surface area contributed by atoms with Crippen molar-refractivity contribution in [1.82, 2.24) is 9.80 Å². The summed E-state index contributed by atoms with van der Waals surface area (Å²) in [5.41, 5.74) is 0. The maximum Gasteiger partial charge on any atom is 0.245 e. The van der Waals surface area contributed by atoms with Crippen LogP contribution in [0.5, 0.6) is 0 Å². The Kier molecular flexibility index (Phi) is 3.74. The molecule has 0 bridgehead atoms. The van der Waals surface area contributed by atoms with Crippen LogP contribution in [0.1, 0.15) is 52.4 Å². The van der Waals surface area contributed by atoms with Gasteiger partial charge in [0.25, 0.3) is 0 Å². The van der Waals surface area contributed by atoms with Crippen LogP contribution in [-0.2, 0) is 9.59 Å². The molecular formula is C16H26N2O2. The van der Waals surface area contributed by atoms with Gasteiger partial charge in [-0.1, -0.05) is 13.8 Å². The van der Waals surface area contributed by atoms with Gasteiger partial charge in [-0.2, -0.15) is 0 Å². The summed E-state index contributed by atoms with van der Waals surface area (Å²) < 4.78 is 0. The van der Waals surface area contributed by atoms with Crippen molar-refractivity contribution in [2.24, 2.45) is 11.8 Å². The SMILES string of the molecule is CC1CCC(N2CCC(=O)N3CCCC3C2=O)C(C)C1. The highest BCUT2D eigenvalue weighted by molar-refractivity contribution is 5.90. The summed E-state index contributed by atoms with van der Waals surface area (Å²) in [7, 11) is 0. The Bertz CT molecular complexity index is 409. The topological polar surface area (TPSA) is 40.6 Å². The van der Waals surface area contributed by atoms with Crippen molar-refractivity contribution < 1.29 is 9.59 Å². The lowest BCUT2D eigenvalue weighted by atomic mass is 9.79. The molecule has 1 saturated carbocycles. The van der Waals surface area contributed by atoms with Crippen molar-refractivity contribution in [3.05, 3.63) is 0 Å². The second-order valence-corrected chi connectivity index (χ2v) is 6.99. The van der Waals surface area contributed by atoms with E-state index >= 15 is 0 Å². The smallest absolute Gasteiger partial charge is 0.245 e. The van der Waals surface area contributed by atoms with Gasteiger partial charge >= 0.3 is 0 Å². The first-order chi connectivity index (χ1) is 9.58. The number of amides is 2. The van der Waals surface area contributed by atoms with Crippen LogP contribution < -0.4 is 0 Å². The van der Waals surface area contributed by atoms with Crippen molar-refractivity contribution in [2.45, 2.75) is 64.5 Å². The predicted octanol–water partition coefficient (Wildman–Crippen LogP) is 2.03. The summed E-state index contributed by atoms with van der Waals surface area (Å²) in [5, 5.41) is 0. The van der Waals surface area contributed by atoms with E-state index in [0.29, 0.717) is 24.9 Å². The van der Waals surface area contributed by atoms with E-state index in [9.17, 15) is 9.59 Å². The molecule has 3 rings (SSSR count). The van der Waals surface area contributed by atoms with Gasteiger partial charge in [0.1, 0.15) is 6.04 Å². The van der Waals surface area contributed by atoms with Gasteiger partial charge in [0.2, 0.25) is 11.8 Å². The predicted molar refractivity (Wildman–Crippen MR) is 77.0 cm³/mol. The van der Waals surface area contributed by atoms with E-state index < -0.39 is 0 Å². The summed E-state index contributed by atoms with van der Waals surface area (Å²) in [6.07, 6.45) is 5.87. The molecule has 2 aliphatic heterocycles. The van der Waals surface area contributed by atoms with E-state index in [2.05, 4.69) is 18.7 Å². The molecule has 3 fully saturated rings. The van der Waals surface area contributed by atoms with Crippen LogP contribution in [0.25, 0.3) is 0 Å². The molecule has 20 heavy (non-hydrogen) atoms. The first kappa shape index (κ1) is 13.9. The van der Waals surface area contributed by atoms with Gasteiger partial charge in [0, 0.05) is 25.6 Å². The van der Waals surface area contributed by atoms with Crippen molar-refractivity contribution in [3.8, 4) is 0 Å². The first-order valence-electron chi connectivity index (χ1n) is 8.18. The van der Waals surface area contributed by atoms with Gasteiger partial charge in [-0.3, -0.25) is 9.59 Å². The van der Waals surface area contributed by atoms with Gasteiger partial charge in [0.15, 0.2) is 0 Å². The summed E-state index contributed by atoms with van der Waals surface area (Å²) in [4.78, 5) is 28.9. The minimum Gasteiger partial charge on any atom is -0.337 e. The van der Waals surface area contributed by atoms with Crippen LogP contribution in [0.2, 0.25) is 0 Å². The molecule has 4 atom stereocenters. The average Bonchev–Trinajstić information content (AvgIpc) is 2.85. The quantitative estimate of drug-likeness (QED) is 0.736. The standard InChI is InChI=1S/C16H26N2O2/c1-11-5-6-13(12(2)10-11)18-9-7-15(19)17-8-3-4-14(17)16(18)20/h11-14H,3-10H2,1-2H3. The zero-order valence-corrected chi connectivity index (χ0v) is 12.7. The summed E-state index contributed by atoms with van der Waals surface area (Å²) in [6.45, 7) is 5.99. The van der Waals surface area contributed by atoms with E-state index in [4.69, 9.17) is 0 Å². The molecule has 1 aliphatic carbocycles. The monoisotopic (exact) mass is 278 g/mol. The molecule has 0 aromatic heterocycles. The third-order valence-electron chi connectivity index (χ3n) is 5.49. The van der Waals surface area contributed by atoms with E-state index in [0.717, 1.165) is 31.7 Å². The van der Waals surface area contributed by atoms with E-state index in [1.807, 2.05) is 4.90 Å². The van der Waals surface area contributed by atoms with Crippen LogP contribution in [0.15, 0.2) is 0 Å². The molecule has 2 saturated heterocycles. The van der Waals surface area contributed by atoms with Crippen molar-refractivity contribution in [1.29, 1.82) is 0 Å². The van der Waals surface area contributed by atoms with Gasteiger partial charge in [-0.05, 0) is 43.9 Å². The molecule has 2 amide bonds. The maximum atomic E-state index is 12.8. The molecule has 2 heterocycles. The Morgan fingerprint density at radius 3 is 2.55 bits per heavy atom. The fourth-order valence-corrected chi connectivity index (χ4v) is 4.42. The Balaban J connectivity index is 1.79. The largest absolute Gasteiger partial charge is 0.337 e. The molecule has 4 nitrogen and oxygen atoms in total. The average molecular weight is 278 g/mol. The summed E-state index contributed by atoms with van der Waals surface area (Å²) in [6, 6.07) is 0.198. The Morgan fingerprint density at radius 1 is 1.00 bits per heavy atom. The fraction of sp³-hybridized carbons (Fsp3) is 0.875. The molecule has 4 unspecified atom stereocenters. The lowest BCUT2D eigenvalue weighted by Crippen LogP contribution is -2.50. The molecule has 4 heteroatoms. The van der Waals surface area contributed by atoms with Gasteiger partial charge in [0.05, 0.1) is 0 Å². The highest BCUT2D eigenvalue weighted by Crippen LogP contribution is 2.34. The number of nitrogens with zero attached hydrogens (tertiary/aromatic N) is 2. The second-order valence-electron chi connectivity index (χ2n) is 6.99. The fourth-order valence-electron chi connectivity index (χ4n) is 4.42. The van der Waals surface area contributed by atoms with Crippen LogP contribution in [0.3, 0.4) is 0 Å². The zero-order valence-electron chi connectivity index (χ0n) is 12.7. The first-order valence-corrected chi connectivity index (χ1v) is 8.18. The molecule has 0 aromatic carbocycles. The zero-order chi connectivity index (χ0) is 14.3. The van der Waals surface area contributed by atoms with Crippen LogP contribution >= 0.6 is 0 Å². The van der Waals surface area contributed by atoms with Crippen LogP contribution in [-0.4, -0.2) is 46.8 Å². The van der Waals surface area contributed by atoms with E-state index in [1.54, 1.807) is 0 Å². The van der Waals surface area contributed by atoms with Crippen molar-refractivity contribution >= 4 is 11.8 Å². The lowest BCUT2D eigenvalue weighted by molar-refractivity contribution is -0.141. The van der Waals surface area contributed by atoms with Gasteiger partial charge in [-0.25, -0.2) is 0 Å². The third-order valence-corrected chi connectivity index (χ3v) is 5.49. The number of carbonyl (C=O) groups is 2. The lowest BCUT2D eigenvalue weighted by Gasteiger charge is -2.41. The number of hydrogen-bond acceptors (Lipinski definition) is 2.